The Balaban J connectivity index is 3.64. The van der Waals surface area contributed by atoms with Gasteiger partial charge in [-0.1, -0.05) is 42.2 Å². The molecule has 1 fully saturated rings. The lowest BCUT2D eigenvalue weighted by atomic mass is 10.7. The first-order valence-corrected chi connectivity index (χ1v) is 34.8. The van der Waals surface area contributed by atoms with Gasteiger partial charge in [0.2, 0.25) is 0 Å². The quantitative estimate of drug-likeness (QED) is 0.0566. The molecule has 0 N–H and O–H groups in total. The fraction of sp³-hybridized carbons (Fsp3) is 0.576. The minimum atomic E-state index is -3.06. The Morgan fingerprint density at radius 2 is 0.640 bits per heavy atom. The van der Waals surface area contributed by atoms with E-state index in [0.29, 0.717) is 75.9 Å². The Morgan fingerprint density at radius 3 is 0.840 bits per heavy atom. The Bertz CT molecular complexity index is 1040. The van der Waals surface area contributed by atoms with Gasteiger partial charge >= 0.3 is 59.9 Å². The molecule has 0 aromatic rings. The zero-order valence-electron chi connectivity index (χ0n) is 32.1. The fourth-order valence-corrected chi connectivity index (χ4v) is 39.9. The molecule has 0 amide bonds. The molecule has 2 atom stereocenters. The highest BCUT2D eigenvalue weighted by Crippen LogP contribution is 2.40. The van der Waals surface area contributed by atoms with Crippen LogP contribution in [0.5, 0.6) is 0 Å². The Morgan fingerprint density at radius 1 is 0.420 bits per heavy atom. The van der Waals surface area contributed by atoms with E-state index in [2.05, 4.69) is 85.3 Å². The van der Waals surface area contributed by atoms with E-state index in [1.54, 1.807) is 36.5 Å². The van der Waals surface area contributed by atoms with Crippen LogP contribution < -0.4 is 0 Å². The smallest absolute Gasteiger partial charge is 0.343 e. The van der Waals surface area contributed by atoms with E-state index in [-0.39, 0.29) is 0 Å². The summed E-state index contributed by atoms with van der Waals surface area (Å²) in [7, 11) is -20.1. The molecule has 2 unspecified atom stereocenters. The Kier molecular flexibility index (Phi) is 20.7. The Labute approximate surface area is 311 Å². The van der Waals surface area contributed by atoms with Gasteiger partial charge in [-0.05, 0) is 82.1 Å². The molecule has 1 aliphatic rings. The number of rotatable bonds is 28. The second kappa shape index (κ2) is 21.9. The van der Waals surface area contributed by atoms with Crippen LogP contribution in [-0.4, -0.2) is 99.6 Å². The molecule has 0 aliphatic carbocycles. The van der Waals surface area contributed by atoms with E-state index in [9.17, 15) is 0 Å². The minimum Gasteiger partial charge on any atom is -0.416 e. The monoisotopic (exact) mass is 818 g/mol. The topological polar surface area (TPSA) is 92.3 Å². The zero-order valence-corrected chi connectivity index (χ0v) is 39.1. The number of hydrogen-bond acceptors (Lipinski definition) is 10. The van der Waals surface area contributed by atoms with Gasteiger partial charge in [0.25, 0.3) is 0 Å². The van der Waals surface area contributed by atoms with Crippen LogP contribution in [0, 0.1) is 0 Å². The van der Waals surface area contributed by atoms with Gasteiger partial charge in [-0.15, -0.1) is 46.1 Å². The maximum Gasteiger partial charge on any atom is 0.343 e. The van der Waals surface area contributed by atoms with Gasteiger partial charge in [-0.2, -0.15) is 0 Å². The third-order valence-electron chi connectivity index (χ3n) is 8.21. The van der Waals surface area contributed by atoms with Crippen LogP contribution in [0.2, 0.25) is 82.1 Å². The summed E-state index contributed by atoms with van der Waals surface area (Å²) in [6.45, 7) is 44.1. The van der Waals surface area contributed by atoms with Crippen molar-refractivity contribution in [3.05, 3.63) is 88.2 Å². The Hall–Kier alpha value is -0.702. The lowest BCUT2D eigenvalue weighted by molar-refractivity contribution is 0.199. The van der Waals surface area contributed by atoms with Crippen LogP contribution in [-0.2, 0) is 43.0 Å². The summed E-state index contributed by atoms with van der Waals surface area (Å²) in [5, 5.41) is 0. The van der Waals surface area contributed by atoms with Gasteiger partial charge in [0.1, 0.15) is 0 Å². The SMILES string of the molecule is C=CCO[Si](C)(CC[Si]1(C)O[Si](C)(C=C)O[Si](C)(CC[Si](C)(OCC=C)OCC=C)O[Si](C)(CC[Si](C)(OCC=C)OCC=C)O1)OCC=C. The molecule has 0 saturated carbocycles. The predicted molar refractivity (Wildman–Crippen MR) is 222 cm³/mol. The molecule has 0 aromatic carbocycles. The highest BCUT2D eigenvalue weighted by molar-refractivity contribution is 6.96. The van der Waals surface area contributed by atoms with Crippen LogP contribution in [0.15, 0.2) is 88.2 Å². The van der Waals surface area contributed by atoms with Gasteiger partial charge in [-0.25, -0.2) is 0 Å². The molecule has 1 aliphatic heterocycles. The van der Waals surface area contributed by atoms with E-state index in [1.165, 1.54) is 0 Å². The average Bonchev–Trinajstić information content (AvgIpc) is 3.07. The normalized spacial score (nSPS) is 26.3. The lowest BCUT2D eigenvalue weighted by Crippen LogP contribution is -2.67. The minimum absolute atomic E-state index is 0.394. The fourth-order valence-electron chi connectivity index (χ4n) is 5.58. The highest BCUT2D eigenvalue weighted by atomic mass is 28.5. The summed E-state index contributed by atoms with van der Waals surface area (Å²) in [4.78, 5) is 0. The van der Waals surface area contributed by atoms with E-state index in [1.807, 2.05) is 12.2 Å². The summed E-state index contributed by atoms with van der Waals surface area (Å²) in [6, 6.07) is 3.83. The third-order valence-corrected chi connectivity index (χ3v) is 35.7. The van der Waals surface area contributed by atoms with Gasteiger partial charge in [0.05, 0.1) is 39.6 Å². The van der Waals surface area contributed by atoms with E-state index >= 15 is 0 Å². The molecule has 0 radical (unpaired) electrons. The van der Waals surface area contributed by atoms with Crippen molar-refractivity contribution in [2.24, 2.45) is 0 Å². The predicted octanol–water partition coefficient (Wildman–Crippen LogP) is 8.51. The van der Waals surface area contributed by atoms with Crippen LogP contribution in [0.25, 0.3) is 0 Å². The van der Waals surface area contributed by atoms with Crippen molar-refractivity contribution in [3.8, 4) is 0 Å². The van der Waals surface area contributed by atoms with Gasteiger partial charge in [-0.3, -0.25) is 0 Å². The van der Waals surface area contributed by atoms with Crippen molar-refractivity contribution in [1.82, 2.24) is 0 Å². The van der Waals surface area contributed by atoms with Crippen LogP contribution in [0.4, 0.5) is 0 Å². The maximum atomic E-state index is 7.37. The molecular formula is C33H66O10Si7. The van der Waals surface area contributed by atoms with Gasteiger partial charge in [0.15, 0.2) is 0 Å². The molecule has 17 heteroatoms. The highest BCUT2D eigenvalue weighted by Gasteiger charge is 2.57. The summed E-state index contributed by atoms with van der Waals surface area (Å²) in [5.41, 5.74) is 1.84. The molecule has 50 heavy (non-hydrogen) atoms. The molecule has 10 nitrogen and oxygen atoms in total. The van der Waals surface area contributed by atoms with Crippen molar-refractivity contribution in [3.63, 3.8) is 0 Å². The molecular weight excluding hydrogens is 753 g/mol. The van der Waals surface area contributed by atoms with Crippen molar-refractivity contribution in [1.29, 1.82) is 0 Å². The summed E-state index contributed by atoms with van der Waals surface area (Å²) in [6.07, 6.45) is 10.5. The van der Waals surface area contributed by atoms with E-state index < -0.39 is 59.9 Å². The number of hydrogen-bond donors (Lipinski definition) is 0. The van der Waals surface area contributed by atoms with Crippen LogP contribution >= 0.6 is 0 Å². The first-order valence-electron chi connectivity index (χ1n) is 17.3. The molecule has 286 valence electrons. The first kappa shape index (κ1) is 47.3. The second-order valence-electron chi connectivity index (χ2n) is 13.5. The molecule has 1 heterocycles. The standard InChI is InChI=1S/C33H66O10Si7/c1-15-22-34-45(9,35-23-16-2)28-31-48(12)40-44(8,21-7)41-49(13,32-29-46(10,36-24-17-3)37-25-18-4)43-50(14,42-48)33-30-47(11,38-26-19-5)39-27-20-6/h15-21H,1-7,22-33H2,8-14H3. The van der Waals surface area contributed by atoms with Crippen molar-refractivity contribution < 1.29 is 43.0 Å². The molecule has 1 rings (SSSR count). The van der Waals surface area contributed by atoms with Gasteiger partial charge < -0.3 is 43.0 Å². The second-order valence-corrected chi connectivity index (χ2v) is 37.6. The maximum absolute atomic E-state index is 7.37. The van der Waals surface area contributed by atoms with Crippen LogP contribution in [0.3, 0.4) is 0 Å². The van der Waals surface area contributed by atoms with Crippen molar-refractivity contribution >= 4 is 59.9 Å². The zero-order chi connectivity index (χ0) is 38.0. The van der Waals surface area contributed by atoms with Crippen molar-refractivity contribution in [2.45, 2.75) is 82.1 Å². The average molecular weight is 819 g/mol. The molecule has 0 bridgehead atoms. The van der Waals surface area contributed by atoms with E-state index in [0.717, 1.165) is 0 Å². The first-order chi connectivity index (χ1) is 23.4. The summed E-state index contributed by atoms with van der Waals surface area (Å²) in [5.74, 6) is 0. The molecule has 1 saturated heterocycles. The largest absolute Gasteiger partial charge is 0.416 e. The lowest BCUT2D eigenvalue weighted by Gasteiger charge is -2.50. The van der Waals surface area contributed by atoms with E-state index in [4.69, 9.17) is 43.0 Å². The summed E-state index contributed by atoms with van der Waals surface area (Å²) < 4.78 is 66.7. The molecule has 0 aromatic heterocycles. The van der Waals surface area contributed by atoms with Crippen LogP contribution in [0.1, 0.15) is 0 Å². The summed E-state index contributed by atoms with van der Waals surface area (Å²) >= 11 is 0. The molecule has 0 spiro atoms. The third kappa shape index (κ3) is 17.0. The van der Waals surface area contributed by atoms with Crippen molar-refractivity contribution in [2.75, 3.05) is 39.6 Å². The van der Waals surface area contributed by atoms with Gasteiger partial charge in [0, 0.05) is 0 Å².